The van der Waals surface area contributed by atoms with Crippen molar-refractivity contribution in [3.8, 4) is 0 Å². The van der Waals surface area contributed by atoms with Crippen LogP contribution >= 0.6 is 23.1 Å². The SMILES string of the molecule is CCOCC1=C(C(=O)OCOC(=O)C(C)(C)C)N2C(=O)[C@@H](NC(=O)/C(=N\OC)c3csc(N)n3)[C@H]2SC1. The van der Waals surface area contributed by atoms with Gasteiger partial charge in [-0.3, -0.25) is 19.3 Å². The number of hydrogen-bond donors (Lipinski definition) is 2. The van der Waals surface area contributed by atoms with Crippen LogP contribution in [0.3, 0.4) is 0 Å². The van der Waals surface area contributed by atoms with Crippen molar-refractivity contribution in [2.45, 2.75) is 39.1 Å². The van der Waals surface area contributed by atoms with Gasteiger partial charge in [-0.15, -0.1) is 23.1 Å². The Kier molecular flexibility index (Phi) is 9.15. The summed E-state index contributed by atoms with van der Waals surface area (Å²) in [5.41, 5.74) is 5.50. The summed E-state index contributed by atoms with van der Waals surface area (Å²) in [5, 5.41) is 7.56. The number of nitrogen functional groups attached to an aromatic ring is 1. The maximum Gasteiger partial charge on any atom is 0.358 e. The Labute approximate surface area is 221 Å². The normalized spacial score (nSPS) is 19.6. The first-order valence-electron chi connectivity index (χ1n) is 11.2. The van der Waals surface area contributed by atoms with Crippen LogP contribution in [0, 0.1) is 5.41 Å². The average molecular weight is 556 g/mol. The van der Waals surface area contributed by atoms with Gasteiger partial charge in [0.25, 0.3) is 11.8 Å². The Bertz CT molecular complexity index is 1130. The highest BCUT2D eigenvalue weighted by Gasteiger charge is 2.54. The van der Waals surface area contributed by atoms with Crippen molar-refractivity contribution >= 4 is 57.7 Å². The van der Waals surface area contributed by atoms with Gasteiger partial charge in [0, 0.05) is 17.7 Å². The Hall–Kier alpha value is -3.17. The molecule has 2 aliphatic rings. The number of carbonyl (C=O) groups is 4. The number of hydrogen-bond acceptors (Lipinski definition) is 13. The highest BCUT2D eigenvalue weighted by Crippen LogP contribution is 2.40. The summed E-state index contributed by atoms with van der Waals surface area (Å²) in [5.74, 6) is -2.23. The fourth-order valence-corrected chi connectivity index (χ4v) is 5.21. The van der Waals surface area contributed by atoms with Gasteiger partial charge in [0.15, 0.2) is 10.8 Å². The van der Waals surface area contributed by atoms with Gasteiger partial charge < -0.3 is 30.1 Å². The summed E-state index contributed by atoms with van der Waals surface area (Å²) in [6, 6.07) is -0.939. The Morgan fingerprint density at radius 3 is 2.62 bits per heavy atom. The van der Waals surface area contributed by atoms with Gasteiger partial charge in [-0.25, -0.2) is 9.78 Å². The van der Waals surface area contributed by atoms with Gasteiger partial charge >= 0.3 is 11.9 Å². The summed E-state index contributed by atoms with van der Waals surface area (Å²) in [6.07, 6.45) is 0. The fourth-order valence-electron chi connectivity index (χ4n) is 3.33. The van der Waals surface area contributed by atoms with Crippen molar-refractivity contribution in [1.29, 1.82) is 0 Å². The van der Waals surface area contributed by atoms with E-state index in [2.05, 4.69) is 15.5 Å². The summed E-state index contributed by atoms with van der Waals surface area (Å²) in [7, 11) is 1.28. The molecule has 1 aromatic heterocycles. The van der Waals surface area contributed by atoms with E-state index < -0.39 is 47.4 Å². The molecule has 0 saturated carbocycles. The average Bonchev–Trinajstić information content (AvgIpc) is 3.28. The zero-order valence-electron chi connectivity index (χ0n) is 21.1. The highest BCUT2D eigenvalue weighted by molar-refractivity contribution is 8.00. The zero-order chi connectivity index (χ0) is 27.3. The van der Waals surface area contributed by atoms with E-state index in [4.69, 9.17) is 24.8 Å². The summed E-state index contributed by atoms with van der Waals surface area (Å²) < 4.78 is 15.6. The Balaban J connectivity index is 1.74. The van der Waals surface area contributed by atoms with Crippen LogP contribution in [0.25, 0.3) is 0 Å². The molecule has 0 spiro atoms. The molecule has 2 amide bonds. The van der Waals surface area contributed by atoms with Crippen LogP contribution in [0.2, 0.25) is 0 Å². The molecule has 0 aliphatic carbocycles. The third-order valence-electron chi connectivity index (χ3n) is 5.16. The van der Waals surface area contributed by atoms with Crippen molar-refractivity contribution in [2.24, 2.45) is 10.6 Å². The molecular formula is C22H29N5O8S2. The number of esters is 2. The van der Waals surface area contributed by atoms with Crippen LogP contribution in [0.4, 0.5) is 5.13 Å². The van der Waals surface area contributed by atoms with Gasteiger partial charge in [-0.05, 0) is 33.3 Å². The number of aromatic nitrogens is 1. The minimum atomic E-state index is -0.939. The molecule has 15 heteroatoms. The van der Waals surface area contributed by atoms with Crippen LogP contribution in [0.5, 0.6) is 0 Å². The third-order valence-corrected chi connectivity index (χ3v) is 7.18. The van der Waals surface area contributed by atoms with Gasteiger partial charge in [0.1, 0.15) is 29.9 Å². The van der Waals surface area contributed by atoms with Crippen LogP contribution in [-0.4, -0.2) is 83.6 Å². The maximum atomic E-state index is 13.1. The van der Waals surface area contributed by atoms with Crippen molar-refractivity contribution < 1.29 is 38.2 Å². The second-order valence-electron chi connectivity index (χ2n) is 8.88. The molecule has 0 aromatic carbocycles. The molecule has 37 heavy (non-hydrogen) atoms. The molecule has 0 radical (unpaired) electrons. The number of fused-ring (bicyclic) bond motifs is 1. The highest BCUT2D eigenvalue weighted by atomic mass is 32.2. The number of ether oxygens (including phenoxy) is 3. The number of nitrogens with zero attached hydrogens (tertiary/aromatic N) is 3. The summed E-state index contributed by atoms with van der Waals surface area (Å²) in [6.45, 7) is 6.72. The minimum Gasteiger partial charge on any atom is -0.427 e. The molecule has 0 bridgehead atoms. The number of thioether (sulfide) groups is 1. The number of anilines is 1. The second kappa shape index (κ2) is 11.9. The van der Waals surface area contributed by atoms with E-state index in [0.29, 0.717) is 17.9 Å². The molecule has 1 aromatic rings. The number of nitrogens with two attached hydrogens (primary N) is 1. The van der Waals surface area contributed by atoms with Crippen LogP contribution < -0.4 is 11.1 Å². The third kappa shape index (κ3) is 6.40. The Morgan fingerprint density at radius 2 is 2.03 bits per heavy atom. The van der Waals surface area contributed by atoms with E-state index in [-0.39, 0.29) is 28.8 Å². The van der Waals surface area contributed by atoms with Gasteiger partial charge in [0.2, 0.25) is 6.79 Å². The Morgan fingerprint density at radius 1 is 1.30 bits per heavy atom. The first-order chi connectivity index (χ1) is 17.5. The van der Waals surface area contributed by atoms with E-state index >= 15 is 0 Å². The quantitative estimate of drug-likeness (QED) is 0.138. The molecule has 3 rings (SSSR count). The number of nitrogens with one attached hydrogen (secondary N) is 1. The van der Waals surface area contributed by atoms with Crippen molar-refractivity contribution in [1.82, 2.24) is 15.2 Å². The van der Waals surface area contributed by atoms with E-state index in [1.54, 1.807) is 33.1 Å². The van der Waals surface area contributed by atoms with Crippen LogP contribution in [-0.2, 0) is 38.2 Å². The lowest BCUT2D eigenvalue weighted by molar-refractivity contribution is -0.173. The zero-order valence-corrected chi connectivity index (χ0v) is 22.7. The standard InChI is InChI=1S/C22H29N5O8S2/c1-6-33-7-11-8-36-18-14(25-16(28)13(26-32-5)12-9-37-21(23)24-12)17(29)27(18)15(11)19(30)34-10-35-20(31)22(2,3)4/h9,14,18H,6-8,10H2,1-5H3,(H2,23,24)(H,25,28)/b26-13-/t14-,18-/m1/s1. The maximum absolute atomic E-state index is 13.1. The molecule has 2 atom stereocenters. The van der Waals surface area contributed by atoms with Crippen LogP contribution in [0.15, 0.2) is 21.8 Å². The summed E-state index contributed by atoms with van der Waals surface area (Å²) in [4.78, 5) is 61.1. The fraction of sp³-hybridized carbons (Fsp3) is 0.545. The van der Waals surface area contributed by atoms with Gasteiger partial charge in [0.05, 0.1) is 12.0 Å². The smallest absolute Gasteiger partial charge is 0.358 e. The molecule has 2 aliphatic heterocycles. The van der Waals surface area contributed by atoms with Crippen molar-refractivity contribution in [3.63, 3.8) is 0 Å². The molecular weight excluding hydrogens is 526 g/mol. The van der Waals surface area contributed by atoms with E-state index in [1.807, 2.05) is 0 Å². The molecule has 3 N–H and O–H groups in total. The monoisotopic (exact) mass is 555 g/mol. The first-order valence-corrected chi connectivity index (χ1v) is 13.1. The van der Waals surface area contributed by atoms with E-state index in [1.165, 1.54) is 23.8 Å². The largest absolute Gasteiger partial charge is 0.427 e. The molecule has 3 heterocycles. The topological polar surface area (TPSA) is 172 Å². The van der Waals surface area contributed by atoms with Gasteiger partial charge in [-0.2, -0.15) is 0 Å². The molecule has 1 saturated heterocycles. The predicted octanol–water partition coefficient (Wildman–Crippen LogP) is 0.856. The molecule has 1 fully saturated rings. The number of β-lactam (4-membered cyclic amide) rings is 1. The van der Waals surface area contributed by atoms with Crippen LogP contribution in [0.1, 0.15) is 33.4 Å². The summed E-state index contributed by atoms with van der Waals surface area (Å²) >= 11 is 2.48. The van der Waals surface area contributed by atoms with Crippen molar-refractivity contribution in [3.05, 3.63) is 22.3 Å². The second-order valence-corrected chi connectivity index (χ2v) is 10.9. The number of carbonyl (C=O) groups excluding carboxylic acids is 4. The molecule has 202 valence electrons. The van der Waals surface area contributed by atoms with Gasteiger partial charge in [-0.1, -0.05) is 5.16 Å². The number of oxime groups is 1. The number of amides is 2. The number of rotatable bonds is 10. The first kappa shape index (κ1) is 28.4. The molecule has 13 nitrogen and oxygen atoms in total. The van der Waals surface area contributed by atoms with E-state index in [9.17, 15) is 19.2 Å². The lowest BCUT2D eigenvalue weighted by atomic mass is 9.98. The minimum absolute atomic E-state index is 0.0116. The van der Waals surface area contributed by atoms with E-state index in [0.717, 1.165) is 11.3 Å². The lowest BCUT2D eigenvalue weighted by Crippen LogP contribution is -2.71. The molecule has 0 unspecified atom stereocenters. The predicted molar refractivity (Wildman–Crippen MR) is 135 cm³/mol. The lowest BCUT2D eigenvalue weighted by Gasteiger charge is -2.49. The van der Waals surface area contributed by atoms with Crippen molar-refractivity contribution in [2.75, 3.05) is 38.6 Å². The number of thiazole rings is 1.